The number of hydrogen-bond acceptors (Lipinski definition) is 4. The van der Waals surface area contributed by atoms with Gasteiger partial charge in [-0.2, -0.15) is 0 Å². The molecule has 0 aliphatic carbocycles. The summed E-state index contributed by atoms with van der Waals surface area (Å²) in [7, 11) is 0. The van der Waals surface area contributed by atoms with Crippen LogP contribution in [0.25, 0.3) is 0 Å². The fourth-order valence-electron chi connectivity index (χ4n) is 4.15. The number of carbonyl (C=O) groups is 1. The molecule has 1 saturated heterocycles. The lowest BCUT2D eigenvalue weighted by Crippen LogP contribution is -2.51. The van der Waals surface area contributed by atoms with Crippen molar-refractivity contribution in [2.45, 2.75) is 13.0 Å². The number of hydrogen-bond donors (Lipinski definition) is 0. The predicted molar refractivity (Wildman–Crippen MR) is 126 cm³/mol. The van der Waals surface area contributed by atoms with Crippen molar-refractivity contribution >= 4 is 5.91 Å². The van der Waals surface area contributed by atoms with Gasteiger partial charge in [-0.1, -0.05) is 60.7 Å². The predicted octanol–water partition coefficient (Wildman–Crippen LogP) is 4.40. The summed E-state index contributed by atoms with van der Waals surface area (Å²) in [4.78, 5) is 17.1. The molecule has 166 valence electrons. The van der Waals surface area contributed by atoms with E-state index in [-0.39, 0.29) is 18.6 Å². The van der Waals surface area contributed by atoms with Crippen LogP contribution in [-0.2, 0) is 4.79 Å². The van der Waals surface area contributed by atoms with E-state index in [2.05, 4.69) is 53.4 Å². The molecule has 0 saturated carbocycles. The molecular weight excluding hydrogens is 400 g/mol. The van der Waals surface area contributed by atoms with Crippen LogP contribution in [0.3, 0.4) is 0 Å². The Morgan fingerprint density at radius 1 is 0.750 bits per heavy atom. The molecule has 0 atom stereocenters. The first-order valence-corrected chi connectivity index (χ1v) is 11.2. The Morgan fingerprint density at radius 3 is 1.75 bits per heavy atom. The number of benzene rings is 3. The van der Waals surface area contributed by atoms with Crippen LogP contribution in [0.5, 0.6) is 11.5 Å². The van der Waals surface area contributed by atoms with Gasteiger partial charge in [-0.25, -0.2) is 0 Å². The summed E-state index contributed by atoms with van der Waals surface area (Å²) in [5, 5.41) is 0. The van der Waals surface area contributed by atoms with Crippen molar-refractivity contribution in [3.8, 4) is 11.5 Å². The Hall–Kier alpha value is -3.31. The van der Waals surface area contributed by atoms with Crippen LogP contribution in [-0.4, -0.2) is 55.1 Å². The molecule has 0 N–H and O–H groups in total. The third kappa shape index (κ3) is 5.48. The minimum atomic E-state index is 0.0227. The van der Waals surface area contributed by atoms with Gasteiger partial charge >= 0.3 is 0 Å². The van der Waals surface area contributed by atoms with E-state index < -0.39 is 0 Å². The zero-order valence-electron chi connectivity index (χ0n) is 18.5. The molecule has 5 nitrogen and oxygen atoms in total. The molecule has 0 radical (unpaired) electrons. The molecular formula is C27H30N2O3. The average molecular weight is 431 g/mol. The normalized spacial score (nSPS) is 14.4. The Bertz CT molecular complexity index is 929. The van der Waals surface area contributed by atoms with Gasteiger partial charge < -0.3 is 14.4 Å². The van der Waals surface area contributed by atoms with E-state index in [4.69, 9.17) is 9.47 Å². The van der Waals surface area contributed by atoms with Crippen LogP contribution in [0.2, 0.25) is 0 Å². The van der Waals surface area contributed by atoms with E-state index in [0.29, 0.717) is 25.4 Å². The molecule has 3 aromatic rings. The van der Waals surface area contributed by atoms with E-state index in [1.807, 2.05) is 48.2 Å². The van der Waals surface area contributed by atoms with E-state index in [9.17, 15) is 4.79 Å². The molecule has 0 aromatic heterocycles. The van der Waals surface area contributed by atoms with Crippen LogP contribution >= 0.6 is 0 Å². The van der Waals surface area contributed by atoms with Gasteiger partial charge in [-0.05, 0) is 42.3 Å². The number of ether oxygens (including phenoxy) is 2. The Labute approximate surface area is 190 Å². The highest BCUT2D eigenvalue weighted by atomic mass is 16.5. The van der Waals surface area contributed by atoms with Crippen molar-refractivity contribution in [2.24, 2.45) is 0 Å². The molecule has 1 heterocycles. The summed E-state index contributed by atoms with van der Waals surface area (Å²) >= 11 is 0. The zero-order valence-corrected chi connectivity index (χ0v) is 18.5. The van der Waals surface area contributed by atoms with E-state index in [1.165, 1.54) is 11.1 Å². The fraction of sp³-hybridized carbons (Fsp3) is 0.296. The molecule has 32 heavy (non-hydrogen) atoms. The van der Waals surface area contributed by atoms with Crippen molar-refractivity contribution in [2.75, 3.05) is 39.4 Å². The number of amides is 1. The molecule has 1 fully saturated rings. The molecule has 1 aliphatic rings. The van der Waals surface area contributed by atoms with E-state index in [0.717, 1.165) is 18.8 Å². The number of rotatable bonds is 8. The topological polar surface area (TPSA) is 42.0 Å². The van der Waals surface area contributed by atoms with Gasteiger partial charge in [-0.3, -0.25) is 9.69 Å². The van der Waals surface area contributed by atoms with Gasteiger partial charge in [0.2, 0.25) is 0 Å². The maximum absolute atomic E-state index is 12.7. The minimum Gasteiger partial charge on any atom is -0.494 e. The van der Waals surface area contributed by atoms with E-state index in [1.54, 1.807) is 0 Å². The van der Waals surface area contributed by atoms with Gasteiger partial charge in [0.1, 0.15) is 11.5 Å². The van der Waals surface area contributed by atoms with Gasteiger partial charge in [0.15, 0.2) is 6.61 Å². The van der Waals surface area contributed by atoms with Gasteiger partial charge in [0, 0.05) is 26.2 Å². The molecule has 1 amide bonds. The fourth-order valence-corrected chi connectivity index (χ4v) is 4.15. The summed E-state index contributed by atoms with van der Waals surface area (Å²) in [5.41, 5.74) is 2.55. The maximum atomic E-state index is 12.7. The lowest BCUT2D eigenvalue weighted by atomic mass is 9.96. The van der Waals surface area contributed by atoms with Gasteiger partial charge in [-0.15, -0.1) is 0 Å². The highest BCUT2D eigenvalue weighted by Gasteiger charge is 2.28. The Morgan fingerprint density at radius 2 is 1.25 bits per heavy atom. The second-order valence-electron chi connectivity index (χ2n) is 7.83. The third-order valence-corrected chi connectivity index (χ3v) is 5.76. The van der Waals surface area contributed by atoms with Crippen molar-refractivity contribution in [1.82, 2.24) is 9.80 Å². The summed E-state index contributed by atoms with van der Waals surface area (Å²) in [5.74, 6) is 1.50. The molecule has 0 spiro atoms. The highest BCUT2D eigenvalue weighted by molar-refractivity contribution is 5.77. The van der Waals surface area contributed by atoms with Crippen molar-refractivity contribution in [3.05, 3.63) is 96.1 Å². The molecule has 0 unspecified atom stereocenters. The van der Waals surface area contributed by atoms with Crippen LogP contribution < -0.4 is 9.47 Å². The third-order valence-electron chi connectivity index (χ3n) is 5.76. The van der Waals surface area contributed by atoms with Crippen molar-refractivity contribution < 1.29 is 14.3 Å². The zero-order chi connectivity index (χ0) is 22.2. The van der Waals surface area contributed by atoms with Gasteiger partial charge in [0.05, 0.1) is 12.6 Å². The maximum Gasteiger partial charge on any atom is 0.260 e. The highest BCUT2D eigenvalue weighted by Crippen LogP contribution is 2.29. The lowest BCUT2D eigenvalue weighted by Gasteiger charge is -2.39. The summed E-state index contributed by atoms with van der Waals surface area (Å²) < 4.78 is 11.1. The van der Waals surface area contributed by atoms with Crippen molar-refractivity contribution in [3.63, 3.8) is 0 Å². The lowest BCUT2D eigenvalue weighted by molar-refractivity contribution is -0.135. The summed E-state index contributed by atoms with van der Waals surface area (Å²) in [6.07, 6.45) is 0. The van der Waals surface area contributed by atoms with Crippen molar-refractivity contribution in [1.29, 1.82) is 0 Å². The first kappa shape index (κ1) is 21.9. The quantitative estimate of drug-likeness (QED) is 0.531. The molecule has 0 bridgehead atoms. The monoisotopic (exact) mass is 430 g/mol. The van der Waals surface area contributed by atoms with Crippen LogP contribution in [0, 0.1) is 0 Å². The number of carbonyl (C=O) groups excluding carboxylic acids is 1. The minimum absolute atomic E-state index is 0.0227. The smallest absolute Gasteiger partial charge is 0.260 e. The molecule has 1 aliphatic heterocycles. The number of nitrogens with zero attached hydrogens (tertiary/aromatic N) is 2. The second kappa shape index (κ2) is 10.8. The molecule has 3 aromatic carbocycles. The van der Waals surface area contributed by atoms with Crippen LogP contribution in [0.4, 0.5) is 0 Å². The number of piperazine rings is 1. The first-order valence-electron chi connectivity index (χ1n) is 11.2. The van der Waals surface area contributed by atoms with Crippen LogP contribution in [0.1, 0.15) is 24.1 Å². The van der Waals surface area contributed by atoms with E-state index >= 15 is 0 Å². The molecule has 5 heteroatoms. The Balaban J connectivity index is 1.34. The standard InChI is InChI=1S/C27H30N2O3/c1-2-31-24-13-15-25(16-14-24)32-21-26(30)28-17-19-29(20-18-28)27(22-9-5-3-6-10-22)23-11-7-4-8-12-23/h3-16,27H,2,17-21H2,1H3. The SMILES string of the molecule is CCOc1ccc(OCC(=O)N2CCN(C(c3ccccc3)c3ccccc3)CC2)cc1. The molecule has 4 rings (SSSR count). The van der Waals surface area contributed by atoms with Crippen LogP contribution in [0.15, 0.2) is 84.9 Å². The summed E-state index contributed by atoms with van der Waals surface area (Å²) in [6, 6.07) is 28.7. The second-order valence-corrected chi connectivity index (χ2v) is 7.83. The largest absolute Gasteiger partial charge is 0.494 e. The first-order chi connectivity index (χ1) is 15.7. The summed E-state index contributed by atoms with van der Waals surface area (Å²) in [6.45, 7) is 5.66. The average Bonchev–Trinajstić information content (AvgIpc) is 2.86. The van der Waals surface area contributed by atoms with Gasteiger partial charge in [0.25, 0.3) is 5.91 Å². The Kier molecular flexibility index (Phi) is 7.41.